The first-order valence-corrected chi connectivity index (χ1v) is 8.53. The number of ether oxygens (including phenoxy) is 1. The number of benzene rings is 2. The molecule has 0 spiro atoms. The predicted molar refractivity (Wildman–Crippen MR) is 96.1 cm³/mol. The Bertz CT molecular complexity index is 676. The van der Waals surface area contributed by atoms with Crippen molar-refractivity contribution < 1.29 is 4.74 Å². The molecule has 1 aliphatic heterocycles. The highest BCUT2D eigenvalue weighted by molar-refractivity contribution is 5.48. The van der Waals surface area contributed by atoms with Gasteiger partial charge in [0.2, 0.25) is 0 Å². The topological polar surface area (TPSA) is 21.3 Å². The van der Waals surface area contributed by atoms with Crippen molar-refractivity contribution in [2.45, 2.75) is 52.2 Å². The lowest BCUT2D eigenvalue weighted by molar-refractivity contribution is 0.0652. The van der Waals surface area contributed by atoms with Crippen molar-refractivity contribution >= 4 is 0 Å². The summed E-state index contributed by atoms with van der Waals surface area (Å²) >= 11 is 0. The van der Waals surface area contributed by atoms with Crippen molar-refractivity contribution in [1.82, 2.24) is 5.32 Å². The molecule has 0 saturated carbocycles. The summed E-state index contributed by atoms with van der Waals surface area (Å²) in [6.45, 7) is 9.67. The van der Waals surface area contributed by atoms with Crippen molar-refractivity contribution in [1.29, 1.82) is 0 Å². The van der Waals surface area contributed by atoms with Gasteiger partial charge in [-0.25, -0.2) is 0 Å². The van der Waals surface area contributed by atoms with Crippen LogP contribution in [0.4, 0.5) is 0 Å². The molecule has 0 aromatic heterocycles. The summed E-state index contributed by atoms with van der Waals surface area (Å²) in [6.07, 6.45) is 2.05. The minimum absolute atomic E-state index is 0.129. The maximum atomic E-state index is 6.29. The fourth-order valence-corrected chi connectivity index (χ4v) is 3.36. The summed E-state index contributed by atoms with van der Waals surface area (Å²) in [4.78, 5) is 0. The molecule has 2 aromatic carbocycles. The van der Waals surface area contributed by atoms with Crippen molar-refractivity contribution in [2.75, 3.05) is 6.54 Å². The fraction of sp³-hybridized carbons (Fsp3) is 0.429. The van der Waals surface area contributed by atoms with Gasteiger partial charge in [-0.2, -0.15) is 0 Å². The van der Waals surface area contributed by atoms with Gasteiger partial charge < -0.3 is 10.1 Å². The molecule has 0 aliphatic carbocycles. The van der Waals surface area contributed by atoms with E-state index in [4.69, 9.17) is 4.74 Å². The zero-order chi connectivity index (χ0) is 16.4. The van der Waals surface area contributed by atoms with Crippen LogP contribution < -0.4 is 10.1 Å². The molecule has 23 heavy (non-hydrogen) atoms. The Morgan fingerprint density at radius 1 is 1.09 bits per heavy atom. The summed E-state index contributed by atoms with van der Waals surface area (Å²) in [5.74, 6) is 1.08. The van der Waals surface area contributed by atoms with E-state index in [0.717, 1.165) is 25.1 Å². The van der Waals surface area contributed by atoms with Gasteiger partial charge in [-0.3, -0.25) is 0 Å². The van der Waals surface area contributed by atoms with E-state index in [0.29, 0.717) is 6.04 Å². The van der Waals surface area contributed by atoms with Crippen LogP contribution >= 0.6 is 0 Å². The number of nitrogens with one attached hydrogen (secondary N) is 1. The Morgan fingerprint density at radius 3 is 2.57 bits per heavy atom. The van der Waals surface area contributed by atoms with Crippen LogP contribution in [0.1, 0.15) is 48.6 Å². The Balaban J connectivity index is 1.76. The minimum atomic E-state index is -0.129. The molecule has 0 amide bonds. The lowest BCUT2D eigenvalue weighted by atomic mass is 9.87. The minimum Gasteiger partial charge on any atom is -0.487 e. The molecule has 2 nitrogen and oxygen atoms in total. The molecular formula is C21H27NO. The molecule has 1 N–H and O–H groups in total. The Morgan fingerprint density at radius 2 is 1.83 bits per heavy atom. The largest absolute Gasteiger partial charge is 0.487 e. The van der Waals surface area contributed by atoms with Crippen molar-refractivity contribution in [3.8, 4) is 5.75 Å². The third-order valence-corrected chi connectivity index (χ3v) is 4.80. The van der Waals surface area contributed by atoms with E-state index in [-0.39, 0.29) is 5.60 Å². The predicted octanol–water partition coefficient (Wildman–Crippen LogP) is 4.74. The Kier molecular flexibility index (Phi) is 4.45. The smallest absolute Gasteiger partial charge is 0.128 e. The summed E-state index contributed by atoms with van der Waals surface area (Å²) in [5.41, 5.74) is 5.12. The second-order valence-electron chi connectivity index (χ2n) is 7.23. The molecule has 0 fully saturated rings. The number of aryl methyl sites for hydroxylation is 1. The van der Waals surface area contributed by atoms with E-state index in [1.165, 1.54) is 22.3 Å². The van der Waals surface area contributed by atoms with Crippen molar-refractivity contribution in [2.24, 2.45) is 0 Å². The molecule has 1 unspecified atom stereocenters. The van der Waals surface area contributed by atoms with E-state index in [1.807, 2.05) is 0 Å². The molecule has 122 valence electrons. The first-order valence-electron chi connectivity index (χ1n) is 8.53. The van der Waals surface area contributed by atoms with Gasteiger partial charge >= 0.3 is 0 Å². The van der Waals surface area contributed by atoms with Gasteiger partial charge in [0.05, 0.1) is 0 Å². The lowest BCUT2D eigenvalue weighted by Gasteiger charge is -2.39. The zero-order valence-electron chi connectivity index (χ0n) is 14.6. The highest BCUT2D eigenvalue weighted by atomic mass is 16.5. The van der Waals surface area contributed by atoms with E-state index < -0.39 is 0 Å². The Labute approximate surface area is 139 Å². The van der Waals surface area contributed by atoms with Crippen molar-refractivity contribution in [3.05, 3.63) is 64.7 Å². The third kappa shape index (κ3) is 3.59. The summed E-state index contributed by atoms with van der Waals surface area (Å²) in [7, 11) is 0. The van der Waals surface area contributed by atoms with E-state index in [9.17, 15) is 0 Å². The maximum absolute atomic E-state index is 6.29. The molecule has 0 bridgehead atoms. The van der Waals surface area contributed by atoms with Crippen LogP contribution in [0.25, 0.3) is 0 Å². The normalized spacial score (nSPS) is 19.0. The van der Waals surface area contributed by atoms with E-state index in [2.05, 4.69) is 75.5 Å². The van der Waals surface area contributed by atoms with Crippen LogP contribution in [0.2, 0.25) is 0 Å². The third-order valence-electron chi connectivity index (χ3n) is 4.80. The van der Waals surface area contributed by atoms with E-state index >= 15 is 0 Å². The van der Waals surface area contributed by atoms with Crippen LogP contribution in [0.3, 0.4) is 0 Å². The van der Waals surface area contributed by atoms with Gasteiger partial charge in [0.25, 0.3) is 0 Å². The average Bonchev–Trinajstić information content (AvgIpc) is 2.52. The Hall–Kier alpha value is -1.80. The van der Waals surface area contributed by atoms with Gasteiger partial charge in [-0.05, 0) is 57.4 Å². The number of hydrogen-bond donors (Lipinski definition) is 1. The first kappa shape index (κ1) is 16.1. The second-order valence-corrected chi connectivity index (χ2v) is 7.23. The van der Waals surface area contributed by atoms with Crippen LogP contribution in [-0.2, 0) is 6.42 Å². The first-order chi connectivity index (χ1) is 11.0. The number of hydrogen-bond acceptors (Lipinski definition) is 2. The van der Waals surface area contributed by atoms with Gasteiger partial charge in [0, 0.05) is 18.0 Å². The van der Waals surface area contributed by atoms with Gasteiger partial charge in [0.1, 0.15) is 11.4 Å². The van der Waals surface area contributed by atoms with E-state index in [1.54, 1.807) is 0 Å². The molecule has 1 atom stereocenters. The molecular weight excluding hydrogens is 282 g/mol. The molecule has 1 aliphatic rings. The SMILES string of the molecule is Cc1ccc2c(c1C)OC(C)(C)CC2NCCc1ccccc1. The van der Waals surface area contributed by atoms with Crippen LogP contribution in [0.5, 0.6) is 5.75 Å². The highest BCUT2D eigenvalue weighted by Crippen LogP contribution is 2.42. The zero-order valence-corrected chi connectivity index (χ0v) is 14.6. The summed E-state index contributed by atoms with van der Waals surface area (Å²) in [6, 6.07) is 15.5. The van der Waals surface area contributed by atoms with Gasteiger partial charge in [0.15, 0.2) is 0 Å². The van der Waals surface area contributed by atoms with Crippen LogP contribution in [0, 0.1) is 13.8 Å². The fourth-order valence-electron chi connectivity index (χ4n) is 3.36. The van der Waals surface area contributed by atoms with Crippen molar-refractivity contribution in [3.63, 3.8) is 0 Å². The molecule has 2 heteroatoms. The number of rotatable bonds is 4. The van der Waals surface area contributed by atoms with Crippen LogP contribution in [-0.4, -0.2) is 12.1 Å². The molecule has 2 aromatic rings. The van der Waals surface area contributed by atoms with Gasteiger partial charge in [-0.1, -0.05) is 42.5 Å². The molecule has 0 radical (unpaired) electrons. The highest BCUT2D eigenvalue weighted by Gasteiger charge is 2.34. The standard InChI is InChI=1S/C21H27NO/c1-15-10-11-18-19(14-21(3,4)23-20(18)16(15)2)22-13-12-17-8-6-5-7-9-17/h5-11,19,22H,12-14H2,1-4H3. The number of fused-ring (bicyclic) bond motifs is 1. The van der Waals surface area contributed by atoms with Crippen LogP contribution in [0.15, 0.2) is 42.5 Å². The van der Waals surface area contributed by atoms with Gasteiger partial charge in [-0.15, -0.1) is 0 Å². The quantitative estimate of drug-likeness (QED) is 0.881. The summed E-state index contributed by atoms with van der Waals surface area (Å²) < 4.78 is 6.29. The molecule has 3 rings (SSSR count). The molecule has 1 heterocycles. The lowest BCUT2D eigenvalue weighted by Crippen LogP contribution is -2.40. The maximum Gasteiger partial charge on any atom is 0.128 e. The second kappa shape index (κ2) is 6.37. The molecule has 0 saturated heterocycles. The average molecular weight is 309 g/mol. The summed E-state index contributed by atoms with van der Waals surface area (Å²) in [5, 5.41) is 3.75. The monoisotopic (exact) mass is 309 g/mol.